The maximum Gasteiger partial charge on any atom is 0.135 e. The molecule has 0 amide bonds. The Morgan fingerprint density at radius 2 is 2.06 bits per heavy atom. The number of aryl methyl sites for hydroxylation is 1. The summed E-state index contributed by atoms with van der Waals surface area (Å²) >= 11 is 0. The van der Waals surface area contributed by atoms with E-state index >= 15 is 0 Å². The van der Waals surface area contributed by atoms with Crippen LogP contribution in [0.25, 0.3) is 5.57 Å². The molecule has 0 radical (unpaired) electrons. The summed E-state index contributed by atoms with van der Waals surface area (Å²) in [5.41, 5.74) is 3.31. The Morgan fingerprint density at radius 1 is 1.27 bits per heavy atom. The highest BCUT2D eigenvalue weighted by molar-refractivity contribution is 5.65. The lowest BCUT2D eigenvalue weighted by Crippen LogP contribution is -2.45. The molecule has 2 aliphatic rings. The van der Waals surface area contributed by atoms with Crippen molar-refractivity contribution in [2.75, 3.05) is 20.3 Å². The summed E-state index contributed by atoms with van der Waals surface area (Å²) in [6.45, 7) is 12.6. The molecule has 1 aliphatic heterocycles. The van der Waals surface area contributed by atoms with Crippen LogP contribution >= 0.6 is 0 Å². The van der Waals surface area contributed by atoms with Gasteiger partial charge in [-0.3, -0.25) is 0 Å². The molecule has 5 nitrogen and oxygen atoms in total. The predicted octanol–water partition coefficient (Wildman–Crippen LogP) is 6.27. The molecule has 1 aromatic carbocycles. The van der Waals surface area contributed by atoms with E-state index in [9.17, 15) is 0 Å². The molecule has 2 aromatic rings. The van der Waals surface area contributed by atoms with Gasteiger partial charge in [0.1, 0.15) is 22.9 Å². The molecule has 2 atom stereocenters. The quantitative estimate of drug-likeness (QED) is 0.443. The maximum atomic E-state index is 6.69. The summed E-state index contributed by atoms with van der Waals surface area (Å²) in [5.74, 6) is 3.65. The zero-order valence-corrected chi connectivity index (χ0v) is 21.4. The Bertz CT molecular complexity index is 1020. The van der Waals surface area contributed by atoms with Crippen molar-refractivity contribution < 1.29 is 14.2 Å². The van der Waals surface area contributed by atoms with Crippen LogP contribution in [0.2, 0.25) is 0 Å². The molecule has 4 rings (SSSR count). The highest BCUT2D eigenvalue weighted by Gasteiger charge is 2.47. The highest BCUT2D eigenvalue weighted by atomic mass is 16.5. The first-order valence-corrected chi connectivity index (χ1v) is 12.3. The van der Waals surface area contributed by atoms with E-state index in [-0.39, 0.29) is 11.0 Å². The zero-order valence-electron chi connectivity index (χ0n) is 21.4. The minimum atomic E-state index is -0.257. The van der Waals surface area contributed by atoms with Crippen LogP contribution in [0, 0.1) is 5.92 Å². The predicted molar refractivity (Wildman–Crippen MR) is 133 cm³/mol. The smallest absolute Gasteiger partial charge is 0.135 e. The minimum absolute atomic E-state index is 0.134. The molecule has 0 bridgehead atoms. The summed E-state index contributed by atoms with van der Waals surface area (Å²) in [4.78, 5) is 4.62. The number of hydrogen-bond donors (Lipinski definition) is 0. The van der Waals surface area contributed by atoms with E-state index in [1.807, 2.05) is 12.4 Å². The summed E-state index contributed by atoms with van der Waals surface area (Å²) in [6.07, 6.45) is 10.4. The molecule has 180 valence electrons. The van der Waals surface area contributed by atoms with Gasteiger partial charge in [-0.1, -0.05) is 33.3 Å². The molecular formula is C28H40N2O3. The van der Waals surface area contributed by atoms with Crippen LogP contribution in [0.3, 0.4) is 0 Å². The lowest BCUT2D eigenvalue weighted by Gasteiger charge is -2.47. The Balaban J connectivity index is 1.71. The van der Waals surface area contributed by atoms with Crippen molar-refractivity contribution >= 4 is 5.57 Å². The first-order valence-electron chi connectivity index (χ1n) is 12.3. The van der Waals surface area contributed by atoms with E-state index < -0.39 is 0 Å². The fraction of sp³-hybridized carbons (Fsp3) is 0.607. The van der Waals surface area contributed by atoms with Crippen molar-refractivity contribution in [2.45, 2.75) is 77.2 Å². The number of allylic oxidation sites excluding steroid dienone is 2. The van der Waals surface area contributed by atoms with Gasteiger partial charge in [0.25, 0.3) is 0 Å². The van der Waals surface area contributed by atoms with Crippen LogP contribution < -0.4 is 9.47 Å². The zero-order chi connectivity index (χ0) is 23.8. The van der Waals surface area contributed by atoms with Crippen LogP contribution in [-0.4, -0.2) is 35.5 Å². The molecule has 2 heterocycles. The molecular weight excluding hydrogens is 412 g/mol. The largest absolute Gasteiger partial charge is 0.496 e. The van der Waals surface area contributed by atoms with E-state index in [2.05, 4.69) is 69.4 Å². The first-order chi connectivity index (χ1) is 15.7. The van der Waals surface area contributed by atoms with Gasteiger partial charge in [-0.2, -0.15) is 0 Å². The van der Waals surface area contributed by atoms with Crippen LogP contribution in [0.4, 0.5) is 0 Å². The fourth-order valence-electron chi connectivity index (χ4n) is 5.45. The SMILES string of the molecule is CCCCOCC(C)(C)c1cc(OC)c2c(c1)OC(C)(C)[C@@H]1CC=C(c3nccn3C)C[C@@H]21. The summed E-state index contributed by atoms with van der Waals surface area (Å²) in [6, 6.07) is 4.44. The second-order valence-electron chi connectivity index (χ2n) is 10.8. The Labute approximate surface area is 199 Å². The van der Waals surface area contributed by atoms with Gasteiger partial charge in [0.15, 0.2) is 0 Å². The molecule has 0 saturated carbocycles. The van der Waals surface area contributed by atoms with Crippen molar-refractivity contribution in [1.29, 1.82) is 0 Å². The van der Waals surface area contributed by atoms with Crippen molar-refractivity contribution in [3.8, 4) is 11.5 Å². The minimum Gasteiger partial charge on any atom is -0.496 e. The molecule has 1 aliphatic carbocycles. The van der Waals surface area contributed by atoms with Gasteiger partial charge in [-0.15, -0.1) is 0 Å². The van der Waals surface area contributed by atoms with Crippen molar-refractivity contribution in [2.24, 2.45) is 13.0 Å². The molecule has 0 unspecified atom stereocenters. The third kappa shape index (κ3) is 4.57. The normalized spacial score (nSPS) is 21.6. The number of hydrogen-bond acceptors (Lipinski definition) is 4. The molecule has 0 saturated heterocycles. The molecule has 1 aromatic heterocycles. The van der Waals surface area contributed by atoms with E-state index in [0.29, 0.717) is 18.4 Å². The fourth-order valence-corrected chi connectivity index (χ4v) is 5.45. The number of rotatable bonds is 8. The number of ether oxygens (including phenoxy) is 3. The number of fused-ring (bicyclic) bond motifs is 3. The monoisotopic (exact) mass is 452 g/mol. The second kappa shape index (κ2) is 9.17. The number of aromatic nitrogens is 2. The van der Waals surface area contributed by atoms with Crippen LogP contribution in [-0.2, 0) is 17.2 Å². The molecule has 0 fully saturated rings. The Hall–Kier alpha value is -2.27. The third-order valence-electron chi connectivity index (χ3n) is 7.50. The van der Waals surface area contributed by atoms with E-state index in [1.165, 1.54) is 16.7 Å². The molecule has 0 spiro atoms. The average molecular weight is 453 g/mol. The second-order valence-corrected chi connectivity index (χ2v) is 10.8. The molecule has 0 N–H and O–H groups in total. The summed E-state index contributed by atoms with van der Waals surface area (Å²) in [5, 5.41) is 0. The number of methoxy groups -OCH3 is 1. The van der Waals surface area contributed by atoms with E-state index in [0.717, 1.165) is 49.6 Å². The van der Waals surface area contributed by atoms with Crippen LogP contribution in [0.5, 0.6) is 11.5 Å². The van der Waals surface area contributed by atoms with Crippen molar-refractivity contribution in [3.05, 3.63) is 47.6 Å². The van der Waals surface area contributed by atoms with Gasteiger partial charge in [0.2, 0.25) is 0 Å². The standard InChI is InChI=1S/C28H40N2O3/c1-8-9-14-32-18-27(2,3)20-16-23(31-7)25-21-15-19(26-29-12-13-30(26)6)10-11-22(21)28(4,5)33-24(25)17-20/h10,12-13,16-17,21-22H,8-9,11,14-15,18H2,1-7H3/t21-,22-/m1/s1. The number of nitrogens with zero attached hydrogens (tertiary/aromatic N) is 2. The molecule has 33 heavy (non-hydrogen) atoms. The lowest BCUT2D eigenvalue weighted by atomic mass is 9.66. The topological polar surface area (TPSA) is 45.5 Å². The van der Waals surface area contributed by atoms with Gasteiger partial charge in [0, 0.05) is 48.9 Å². The summed E-state index contributed by atoms with van der Waals surface area (Å²) in [7, 11) is 3.84. The van der Waals surface area contributed by atoms with Gasteiger partial charge in [0.05, 0.1) is 13.7 Å². The number of benzene rings is 1. The third-order valence-corrected chi connectivity index (χ3v) is 7.50. The van der Waals surface area contributed by atoms with E-state index in [1.54, 1.807) is 7.11 Å². The Kier molecular flexibility index (Phi) is 6.63. The number of imidazole rings is 1. The van der Waals surface area contributed by atoms with Gasteiger partial charge < -0.3 is 18.8 Å². The van der Waals surface area contributed by atoms with Crippen LogP contribution in [0.1, 0.15) is 83.2 Å². The van der Waals surface area contributed by atoms with Gasteiger partial charge in [-0.05, 0) is 56.4 Å². The van der Waals surface area contributed by atoms with Crippen LogP contribution in [0.15, 0.2) is 30.6 Å². The maximum absolute atomic E-state index is 6.69. The summed E-state index contributed by atoms with van der Waals surface area (Å²) < 4.78 is 20.8. The van der Waals surface area contributed by atoms with Crippen molar-refractivity contribution in [3.63, 3.8) is 0 Å². The van der Waals surface area contributed by atoms with E-state index in [4.69, 9.17) is 14.2 Å². The average Bonchev–Trinajstić information content (AvgIpc) is 3.21. The van der Waals surface area contributed by atoms with Gasteiger partial charge >= 0.3 is 0 Å². The van der Waals surface area contributed by atoms with Gasteiger partial charge in [-0.25, -0.2) is 4.98 Å². The lowest BCUT2D eigenvalue weighted by molar-refractivity contribution is 0.00887. The Morgan fingerprint density at radius 3 is 2.73 bits per heavy atom. The molecule has 5 heteroatoms. The highest BCUT2D eigenvalue weighted by Crippen LogP contribution is 2.56. The van der Waals surface area contributed by atoms with Crippen molar-refractivity contribution in [1.82, 2.24) is 9.55 Å². The number of unbranched alkanes of at least 4 members (excludes halogenated alkanes) is 1. The first kappa shape index (κ1) is 23.9.